The van der Waals surface area contributed by atoms with E-state index in [1.807, 2.05) is 18.2 Å². The van der Waals surface area contributed by atoms with Crippen LogP contribution in [-0.2, 0) is 17.9 Å². The number of nitrogens with one attached hydrogen (secondary N) is 1. The summed E-state index contributed by atoms with van der Waals surface area (Å²) in [6, 6.07) is 13.2. The van der Waals surface area contributed by atoms with Crippen LogP contribution in [0.3, 0.4) is 0 Å². The molecule has 2 rings (SSSR count). The van der Waals surface area contributed by atoms with Crippen LogP contribution in [0.1, 0.15) is 21.9 Å². The van der Waals surface area contributed by atoms with Gasteiger partial charge in [-0.25, -0.2) is 4.79 Å². The molecule has 106 valence electrons. The molecule has 1 aromatic carbocycles. The Kier molecular flexibility index (Phi) is 5.34. The first kappa shape index (κ1) is 14.3. The monoisotopic (exact) mass is 275 g/mol. The summed E-state index contributed by atoms with van der Waals surface area (Å²) in [5, 5.41) is 12.0. The summed E-state index contributed by atoms with van der Waals surface area (Å²) in [7, 11) is 0. The average Bonchev–Trinajstić information content (AvgIpc) is 2.93. The van der Waals surface area contributed by atoms with Gasteiger partial charge in [-0.3, -0.25) is 0 Å². The number of furan rings is 1. The lowest BCUT2D eigenvalue weighted by Gasteiger charge is -2.05. The van der Waals surface area contributed by atoms with Crippen molar-refractivity contribution >= 4 is 5.97 Å². The molecule has 2 N–H and O–H groups in total. The Balaban J connectivity index is 1.58. The molecule has 0 aliphatic rings. The highest BCUT2D eigenvalue weighted by atomic mass is 16.5. The zero-order chi connectivity index (χ0) is 14.2. The maximum Gasteiger partial charge on any atom is 0.371 e. The molecule has 0 saturated heterocycles. The van der Waals surface area contributed by atoms with E-state index in [9.17, 15) is 4.79 Å². The van der Waals surface area contributed by atoms with Crippen LogP contribution in [0.15, 0.2) is 46.9 Å². The minimum atomic E-state index is -1.07. The minimum Gasteiger partial charge on any atom is -0.475 e. The molecule has 0 amide bonds. The molecule has 0 bridgehead atoms. The van der Waals surface area contributed by atoms with Crippen LogP contribution >= 0.6 is 0 Å². The smallest absolute Gasteiger partial charge is 0.371 e. The third-order valence-electron chi connectivity index (χ3n) is 2.71. The van der Waals surface area contributed by atoms with Crippen LogP contribution in [0.5, 0.6) is 0 Å². The van der Waals surface area contributed by atoms with Gasteiger partial charge < -0.3 is 19.6 Å². The SMILES string of the molecule is O=C(O)c1ccc(COCCNCc2ccccc2)o1. The number of rotatable bonds is 8. The maximum atomic E-state index is 10.6. The van der Waals surface area contributed by atoms with E-state index in [0.717, 1.165) is 13.1 Å². The summed E-state index contributed by atoms with van der Waals surface area (Å²) < 4.78 is 10.5. The van der Waals surface area contributed by atoms with E-state index in [-0.39, 0.29) is 12.4 Å². The number of ether oxygens (including phenoxy) is 1. The third kappa shape index (κ3) is 4.53. The van der Waals surface area contributed by atoms with Crippen molar-refractivity contribution < 1.29 is 19.1 Å². The molecule has 0 aliphatic carbocycles. The second-order valence-electron chi connectivity index (χ2n) is 4.29. The van der Waals surface area contributed by atoms with E-state index in [1.54, 1.807) is 6.07 Å². The molecule has 0 saturated carbocycles. The predicted octanol–water partition coefficient (Wildman–Crippen LogP) is 2.28. The zero-order valence-electron chi connectivity index (χ0n) is 11.0. The summed E-state index contributed by atoms with van der Waals surface area (Å²) in [4.78, 5) is 10.6. The van der Waals surface area contributed by atoms with Crippen LogP contribution in [0.2, 0.25) is 0 Å². The first-order valence-corrected chi connectivity index (χ1v) is 6.40. The number of carboxylic acid groups (broad SMARTS) is 1. The van der Waals surface area contributed by atoms with Crippen molar-refractivity contribution in [3.63, 3.8) is 0 Å². The fraction of sp³-hybridized carbons (Fsp3) is 0.267. The normalized spacial score (nSPS) is 10.6. The van der Waals surface area contributed by atoms with Crippen molar-refractivity contribution in [2.45, 2.75) is 13.2 Å². The molecule has 0 unspecified atom stereocenters. The summed E-state index contributed by atoms with van der Waals surface area (Å²) >= 11 is 0. The van der Waals surface area contributed by atoms with Gasteiger partial charge in [-0.2, -0.15) is 0 Å². The van der Waals surface area contributed by atoms with Crippen molar-refractivity contribution in [3.8, 4) is 0 Å². The standard InChI is InChI=1S/C15H17NO4/c17-15(18)14-7-6-13(20-14)11-19-9-8-16-10-12-4-2-1-3-5-12/h1-7,16H,8-11H2,(H,17,18). The van der Waals surface area contributed by atoms with Gasteiger partial charge in [0.1, 0.15) is 12.4 Å². The highest BCUT2D eigenvalue weighted by molar-refractivity contribution is 5.84. The first-order valence-electron chi connectivity index (χ1n) is 6.40. The molecular formula is C15H17NO4. The topological polar surface area (TPSA) is 71.7 Å². The lowest BCUT2D eigenvalue weighted by atomic mass is 10.2. The van der Waals surface area contributed by atoms with Crippen molar-refractivity contribution in [2.24, 2.45) is 0 Å². The highest BCUT2D eigenvalue weighted by Gasteiger charge is 2.08. The van der Waals surface area contributed by atoms with Crippen LogP contribution in [0.25, 0.3) is 0 Å². The van der Waals surface area contributed by atoms with E-state index in [2.05, 4.69) is 17.4 Å². The Morgan fingerprint density at radius 1 is 1.20 bits per heavy atom. The van der Waals surface area contributed by atoms with E-state index < -0.39 is 5.97 Å². The summed E-state index contributed by atoms with van der Waals surface area (Å²) in [6.07, 6.45) is 0. The van der Waals surface area contributed by atoms with Crippen molar-refractivity contribution in [1.29, 1.82) is 0 Å². The van der Waals surface area contributed by atoms with Gasteiger partial charge in [0.25, 0.3) is 0 Å². The second-order valence-corrected chi connectivity index (χ2v) is 4.29. The fourth-order valence-electron chi connectivity index (χ4n) is 1.72. The first-order chi connectivity index (χ1) is 9.75. The van der Waals surface area contributed by atoms with Crippen molar-refractivity contribution in [3.05, 3.63) is 59.5 Å². The number of benzene rings is 1. The molecule has 2 aromatic rings. The Morgan fingerprint density at radius 2 is 2.00 bits per heavy atom. The largest absolute Gasteiger partial charge is 0.475 e. The van der Waals surface area contributed by atoms with E-state index >= 15 is 0 Å². The lowest BCUT2D eigenvalue weighted by molar-refractivity contribution is 0.0648. The molecule has 0 fully saturated rings. The predicted molar refractivity (Wildman–Crippen MR) is 73.5 cm³/mol. The summed E-state index contributed by atoms with van der Waals surface area (Å²) in [6.45, 7) is 2.34. The molecule has 0 atom stereocenters. The highest BCUT2D eigenvalue weighted by Crippen LogP contribution is 2.08. The Hall–Kier alpha value is -2.11. The zero-order valence-corrected chi connectivity index (χ0v) is 11.0. The van der Waals surface area contributed by atoms with Gasteiger partial charge in [0.05, 0.1) is 6.61 Å². The molecule has 0 aliphatic heterocycles. The molecule has 5 heteroatoms. The van der Waals surface area contributed by atoms with Crippen LogP contribution in [-0.4, -0.2) is 24.2 Å². The van der Waals surface area contributed by atoms with Gasteiger partial charge in [-0.05, 0) is 17.7 Å². The number of hydrogen-bond donors (Lipinski definition) is 2. The maximum absolute atomic E-state index is 10.6. The average molecular weight is 275 g/mol. The second kappa shape index (κ2) is 7.47. The summed E-state index contributed by atoms with van der Waals surface area (Å²) in [5.41, 5.74) is 1.23. The molecule has 1 heterocycles. The molecule has 5 nitrogen and oxygen atoms in total. The Bertz CT molecular complexity index is 536. The number of carbonyl (C=O) groups is 1. The Morgan fingerprint density at radius 3 is 2.70 bits per heavy atom. The molecular weight excluding hydrogens is 258 g/mol. The Labute approximate surface area is 117 Å². The molecule has 0 spiro atoms. The number of aromatic carboxylic acids is 1. The van der Waals surface area contributed by atoms with Gasteiger partial charge >= 0.3 is 5.97 Å². The van der Waals surface area contributed by atoms with Crippen LogP contribution in [0, 0.1) is 0 Å². The number of carboxylic acids is 1. The molecule has 20 heavy (non-hydrogen) atoms. The van der Waals surface area contributed by atoms with E-state index in [1.165, 1.54) is 11.6 Å². The van der Waals surface area contributed by atoms with Gasteiger partial charge in [-0.15, -0.1) is 0 Å². The number of hydrogen-bond acceptors (Lipinski definition) is 4. The quantitative estimate of drug-likeness (QED) is 0.723. The minimum absolute atomic E-state index is 0.0641. The molecule has 0 radical (unpaired) electrons. The van der Waals surface area contributed by atoms with E-state index in [0.29, 0.717) is 12.4 Å². The van der Waals surface area contributed by atoms with Crippen molar-refractivity contribution in [1.82, 2.24) is 5.32 Å². The van der Waals surface area contributed by atoms with Crippen LogP contribution < -0.4 is 5.32 Å². The fourth-order valence-corrected chi connectivity index (χ4v) is 1.72. The van der Waals surface area contributed by atoms with Gasteiger partial charge in [-0.1, -0.05) is 30.3 Å². The lowest BCUT2D eigenvalue weighted by Crippen LogP contribution is -2.19. The van der Waals surface area contributed by atoms with Crippen LogP contribution in [0.4, 0.5) is 0 Å². The van der Waals surface area contributed by atoms with Gasteiger partial charge in [0.2, 0.25) is 5.76 Å². The molecule has 1 aromatic heterocycles. The van der Waals surface area contributed by atoms with Gasteiger partial charge in [0.15, 0.2) is 0 Å². The van der Waals surface area contributed by atoms with E-state index in [4.69, 9.17) is 14.3 Å². The van der Waals surface area contributed by atoms with Crippen molar-refractivity contribution in [2.75, 3.05) is 13.2 Å². The third-order valence-corrected chi connectivity index (χ3v) is 2.71. The summed E-state index contributed by atoms with van der Waals surface area (Å²) in [5.74, 6) is -0.614. The van der Waals surface area contributed by atoms with Gasteiger partial charge in [0, 0.05) is 13.1 Å².